The zero-order valence-electron chi connectivity index (χ0n) is 10.5. The minimum absolute atomic E-state index is 0. The molecule has 2 fully saturated rings. The number of hydrogen-bond donors (Lipinski definition) is 0. The zero-order chi connectivity index (χ0) is 13.7. The fraction of sp³-hybridized carbons (Fsp3) is 0. The van der Waals surface area contributed by atoms with Gasteiger partial charge in [0.15, 0.2) is 0 Å². The van der Waals surface area contributed by atoms with Crippen LogP contribution in [0.1, 0.15) is 0 Å². The molecule has 21 heavy (non-hydrogen) atoms. The van der Waals surface area contributed by atoms with Crippen molar-refractivity contribution in [2.24, 2.45) is 0 Å². The molecule has 12 nitrogen and oxygen atoms in total. The Labute approximate surface area is 242 Å². The molecule has 96 valence electrons. The summed E-state index contributed by atoms with van der Waals surface area (Å²) in [5.74, 6) is 0. The molecule has 0 spiro atoms. The molecule has 0 bridgehead atoms. The molecule has 2 aliphatic heterocycles. The fourth-order valence-corrected chi connectivity index (χ4v) is 0.737. The Morgan fingerprint density at radius 2 is 0.429 bits per heavy atom. The maximum Gasteiger partial charge on any atom is 2.00 e. The van der Waals surface area contributed by atoms with E-state index in [9.17, 15) is 30.1 Å². The van der Waals surface area contributed by atoms with Crippen LogP contribution in [0, 0.1) is 0 Å². The molecule has 0 aromatic carbocycles. The first-order chi connectivity index (χ1) is 8.36. The van der Waals surface area contributed by atoms with Crippen LogP contribution in [-0.4, -0.2) is 191 Å². The van der Waals surface area contributed by atoms with Crippen molar-refractivity contribution in [2.45, 2.75) is 0 Å². The van der Waals surface area contributed by atoms with E-state index in [0.29, 0.717) is 0 Å². The van der Waals surface area contributed by atoms with Crippen molar-refractivity contribution in [1.82, 2.24) is 0 Å². The SMILES string of the molecule is [Ba+2].[Ba+2].[Ba+2].[O-]B1OB([O-])OB([O-])O1.[O-]B1OB([O-])OB([O-])O1. The normalized spacial score (nSPS) is 18.0. The number of rotatable bonds is 0. The predicted octanol–water partition coefficient (Wildman–Crippen LogP) is -11.0. The second-order valence-electron chi connectivity index (χ2n) is 2.55. The Balaban J connectivity index is -0.000000270. The van der Waals surface area contributed by atoms with Gasteiger partial charge in [-0.15, -0.1) is 0 Å². The van der Waals surface area contributed by atoms with Gasteiger partial charge in [-0.05, 0) is 0 Å². The van der Waals surface area contributed by atoms with Gasteiger partial charge in [-0.2, -0.15) is 0 Å². The van der Waals surface area contributed by atoms with Crippen LogP contribution in [0.25, 0.3) is 0 Å². The van der Waals surface area contributed by atoms with Crippen LogP contribution in [0.15, 0.2) is 0 Å². The van der Waals surface area contributed by atoms with Gasteiger partial charge in [0.25, 0.3) is 0 Å². The van der Waals surface area contributed by atoms with E-state index in [1.807, 2.05) is 0 Å². The first kappa shape index (κ1) is 30.4. The van der Waals surface area contributed by atoms with Crippen molar-refractivity contribution in [3.05, 3.63) is 0 Å². The summed E-state index contributed by atoms with van der Waals surface area (Å²) in [5, 5.41) is 60.3. The topological polar surface area (TPSA) is 194 Å². The van der Waals surface area contributed by atoms with E-state index in [2.05, 4.69) is 27.4 Å². The van der Waals surface area contributed by atoms with Gasteiger partial charge >= 0.3 is 191 Å². The molecule has 2 aliphatic rings. The minimum atomic E-state index is -2.01. The van der Waals surface area contributed by atoms with Crippen molar-refractivity contribution in [1.29, 1.82) is 0 Å². The summed E-state index contributed by atoms with van der Waals surface area (Å²) in [4.78, 5) is 0. The van der Waals surface area contributed by atoms with Crippen LogP contribution < -0.4 is 30.1 Å². The molecule has 2 heterocycles. The largest absolute Gasteiger partial charge is 2.00 e. The average molecular weight is 669 g/mol. The quantitative estimate of drug-likeness (QED) is 0.222. The van der Waals surface area contributed by atoms with Crippen LogP contribution in [0.3, 0.4) is 0 Å². The summed E-state index contributed by atoms with van der Waals surface area (Å²) in [5.41, 5.74) is 0. The molecule has 0 saturated carbocycles. The maximum atomic E-state index is 10.0. The standard InChI is InChI=1S/2B3O6.3Ba/c2*4-1-7-2(5)9-3(6)8-1;;;/q2*-3;3*+2. The molecule has 21 heteroatoms. The van der Waals surface area contributed by atoms with Crippen LogP contribution in [0.2, 0.25) is 0 Å². The van der Waals surface area contributed by atoms with Gasteiger partial charge in [0.05, 0.1) is 0 Å². The molecule has 0 unspecified atom stereocenters. The summed E-state index contributed by atoms with van der Waals surface area (Å²) in [6, 6.07) is 0. The van der Waals surface area contributed by atoms with Gasteiger partial charge in [0.2, 0.25) is 0 Å². The van der Waals surface area contributed by atoms with Gasteiger partial charge < -0.3 is 57.6 Å². The average Bonchev–Trinajstić information content (AvgIpc) is 2.12. The summed E-state index contributed by atoms with van der Waals surface area (Å²) >= 11 is 0. The molecule has 0 atom stereocenters. The van der Waals surface area contributed by atoms with E-state index in [0.717, 1.165) is 0 Å². The van der Waals surface area contributed by atoms with Crippen molar-refractivity contribution >= 4 is 191 Å². The van der Waals surface area contributed by atoms with Crippen LogP contribution in [0.4, 0.5) is 0 Å². The Morgan fingerprint density at radius 1 is 0.333 bits per heavy atom. The molecule has 0 radical (unpaired) electrons. The van der Waals surface area contributed by atoms with E-state index in [4.69, 9.17) is 0 Å². The van der Waals surface area contributed by atoms with E-state index < -0.39 is 43.9 Å². The van der Waals surface area contributed by atoms with Crippen molar-refractivity contribution in [2.75, 3.05) is 0 Å². The molecular weight excluding hydrogens is 669 g/mol. The number of hydrogen-bond acceptors (Lipinski definition) is 12. The summed E-state index contributed by atoms with van der Waals surface area (Å²) in [7, 11) is -12.1. The molecule has 0 aromatic heterocycles. The smallest absolute Gasteiger partial charge is 0.833 e. The summed E-state index contributed by atoms with van der Waals surface area (Å²) in [6.45, 7) is 0. The van der Waals surface area contributed by atoms with Crippen LogP contribution in [-0.2, 0) is 27.4 Å². The van der Waals surface area contributed by atoms with Gasteiger partial charge in [-0.3, -0.25) is 0 Å². The van der Waals surface area contributed by atoms with Crippen LogP contribution in [0.5, 0.6) is 0 Å². The van der Waals surface area contributed by atoms with E-state index in [-0.39, 0.29) is 147 Å². The Hall–Kier alpha value is 4.62. The van der Waals surface area contributed by atoms with Crippen molar-refractivity contribution in [3.8, 4) is 0 Å². The minimum Gasteiger partial charge on any atom is -0.833 e. The molecule has 0 amide bonds. The predicted molar refractivity (Wildman–Crippen MR) is 58.3 cm³/mol. The van der Waals surface area contributed by atoms with E-state index >= 15 is 0 Å². The first-order valence-corrected chi connectivity index (χ1v) is 4.24. The molecule has 2 saturated heterocycles. The Bertz CT molecular complexity index is 175. The third-order valence-electron chi connectivity index (χ3n) is 1.33. The molecule has 0 aromatic rings. The summed E-state index contributed by atoms with van der Waals surface area (Å²) in [6.07, 6.45) is 0. The summed E-state index contributed by atoms with van der Waals surface area (Å²) < 4.78 is 22.8. The molecule has 2 rings (SSSR count). The molecule has 0 aliphatic carbocycles. The van der Waals surface area contributed by atoms with Crippen molar-refractivity contribution < 1.29 is 57.6 Å². The fourth-order valence-electron chi connectivity index (χ4n) is 0.737. The first-order valence-electron chi connectivity index (χ1n) is 4.24. The monoisotopic (exact) mass is 672 g/mol. The second-order valence-corrected chi connectivity index (χ2v) is 2.55. The van der Waals surface area contributed by atoms with Gasteiger partial charge in [-0.25, -0.2) is 0 Å². The van der Waals surface area contributed by atoms with Crippen LogP contribution >= 0.6 is 0 Å². The Kier molecular flexibility index (Phi) is 24.2. The third kappa shape index (κ3) is 15.4. The maximum absolute atomic E-state index is 10.0. The van der Waals surface area contributed by atoms with E-state index in [1.165, 1.54) is 0 Å². The van der Waals surface area contributed by atoms with Gasteiger partial charge in [0, 0.05) is 0 Å². The molecular formula is B6Ba3O12. The zero-order valence-corrected chi connectivity index (χ0v) is 23.8. The van der Waals surface area contributed by atoms with Gasteiger partial charge in [-0.1, -0.05) is 0 Å². The Morgan fingerprint density at radius 3 is 0.524 bits per heavy atom. The third-order valence-corrected chi connectivity index (χ3v) is 1.33. The second kappa shape index (κ2) is 16.8. The van der Waals surface area contributed by atoms with Gasteiger partial charge in [0.1, 0.15) is 0 Å². The van der Waals surface area contributed by atoms with E-state index in [1.54, 1.807) is 0 Å². The van der Waals surface area contributed by atoms with Crippen molar-refractivity contribution in [3.63, 3.8) is 0 Å². The molecule has 0 N–H and O–H groups in total.